The first kappa shape index (κ1) is 12.7. The van der Waals surface area contributed by atoms with Gasteiger partial charge >= 0.3 is 12.0 Å². The first-order chi connectivity index (χ1) is 9.09. The number of amides is 2. The molecule has 6 nitrogen and oxygen atoms in total. The maximum atomic E-state index is 11.8. The van der Waals surface area contributed by atoms with Crippen molar-refractivity contribution >= 4 is 12.0 Å². The number of carboxylic acid groups (broad SMARTS) is 1. The fourth-order valence-corrected chi connectivity index (χ4v) is 3.33. The lowest BCUT2D eigenvalue weighted by molar-refractivity contribution is -0.153. The summed E-state index contributed by atoms with van der Waals surface area (Å²) in [4.78, 5) is 23.0. The number of hydrogen-bond acceptors (Lipinski definition) is 3. The highest BCUT2D eigenvalue weighted by atomic mass is 16.5. The summed E-state index contributed by atoms with van der Waals surface area (Å²) in [5, 5.41) is 14.8. The van der Waals surface area contributed by atoms with Gasteiger partial charge in [0.1, 0.15) is 0 Å². The van der Waals surface area contributed by atoms with Crippen LogP contribution in [0.15, 0.2) is 0 Å². The van der Waals surface area contributed by atoms with Gasteiger partial charge in [0, 0.05) is 6.54 Å². The molecule has 0 aromatic rings. The van der Waals surface area contributed by atoms with Gasteiger partial charge in [0.15, 0.2) is 0 Å². The monoisotopic (exact) mass is 268 g/mol. The third-order valence-corrected chi connectivity index (χ3v) is 4.77. The Morgan fingerprint density at radius 3 is 2.58 bits per heavy atom. The molecule has 3 aliphatic rings. The minimum Gasteiger partial charge on any atom is -0.481 e. The Balaban J connectivity index is 1.45. The van der Waals surface area contributed by atoms with Crippen LogP contribution in [0, 0.1) is 5.41 Å². The number of carbonyl (C=O) groups is 2. The van der Waals surface area contributed by atoms with Crippen LogP contribution in [0.1, 0.15) is 38.5 Å². The number of nitrogens with one attached hydrogen (secondary N) is 2. The van der Waals surface area contributed by atoms with Gasteiger partial charge in [-0.2, -0.15) is 0 Å². The summed E-state index contributed by atoms with van der Waals surface area (Å²) in [6, 6.07) is -0.186. The SMILES string of the molecule is O=C(NCC1(C(=O)O)CCC1)NC1CC2CCC1O2. The first-order valence-electron chi connectivity index (χ1n) is 7.02. The van der Waals surface area contributed by atoms with E-state index in [0.29, 0.717) is 18.9 Å². The molecule has 1 aliphatic carbocycles. The highest BCUT2D eigenvalue weighted by Crippen LogP contribution is 2.40. The molecule has 2 aliphatic heterocycles. The molecule has 106 valence electrons. The van der Waals surface area contributed by atoms with E-state index in [1.807, 2.05) is 0 Å². The van der Waals surface area contributed by atoms with Crippen LogP contribution in [0.25, 0.3) is 0 Å². The maximum absolute atomic E-state index is 11.8. The molecule has 2 heterocycles. The van der Waals surface area contributed by atoms with Crippen LogP contribution >= 0.6 is 0 Å². The molecule has 2 amide bonds. The van der Waals surface area contributed by atoms with Crippen LogP contribution in [0.5, 0.6) is 0 Å². The van der Waals surface area contributed by atoms with E-state index in [2.05, 4.69) is 10.6 Å². The normalized spacial score (nSPS) is 34.6. The predicted molar refractivity (Wildman–Crippen MR) is 66.8 cm³/mol. The highest BCUT2D eigenvalue weighted by Gasteiger charge is 2.45. The minimum atomic E-state index is -0.803. The van der Waals surface area contributed by atoms with Crippen molar-refractivity contribution in [2.75, 3.05) is 6.54 Å². The number of carbonyl (C=O) groups excluding carboxylic acids is 1. The molecule has 1 saturated carbocycles. The van der Waals surface area contributed by atoms with E-state index in [-0.39, 0.29) is 24.7 Å². The van der Waals surface area contributed by atoms with Gasteiger partial charge in [0.25, 0.3) is 0 Å². The van der Waals surface area contributed by atoms with Gasteiger partial charge in [-0.25, -0.2) is 4.79 Å². The van der Waals surface area contributed by atoms with Crippen molar-refractivity contribution in [2.45, 2.75) is 56.8 Å². The van der Waals surface area contributed by atoms with Crippen molar-refractivity contribution in [3.8, 4) is 0 Å². The molecule has 3 unspecified atom stereocenters. The van der Waals surface area contributed by atoms with Gasteiger partial charge in [0.05, 0.1) is 23.7 Å². The van der Waals surface area contributed by atoms with E-state index in [1.165, 1.54) is 0 Å². The minimum absolute atomic E-state index is 0.0842. The number of fused-ring (bicyclic) bond motifs is 2. The predicted octanol–water partition coefficient (Wildman–Crippen LogP) is 0.860. The zero-order valence-electron chi connectivity index (χ0n) is 10.9. The van der Waals surface area contributed by atoms with Crippen molar-refractivity contribution < 1.29 is 19.4 Å². The van der Waals surface area contributed by atoms with Crippen molar-refractivity contribution in [3.05, 3.63) is 0 Å². The van der Waals surface area contributed by atoms with Crippen LogP contribution in [-0.4, -0.2) is 41.9 Å². The topological polar surface area (TPSA) is 87.7 Å². The van der Waals surface area contributed by atoms with Gasteiger partial charge in [-0.1, -0.05) is 6.42 Å². The van der Waals surface area contributed by atoms with Crippen LogP contribution < -0.4 is 10.6 Å². The molecule has 0 radical (unpaired) electrons. The van der Waals surface area contributed by atoms with E-state index >= 15 is 0 Å². The lowest BCUT2D eigenvalue weighted by Crippen LogP contribution is -2.52. The molecule has 2 bridgehead atoms. The zero-order chi connectivity index (χ0) is 13.5. The number of ether oxygens (including phenoxy) is 1. The number of rotatable bonds is 4. The number of aliphatic carboxylic acids is 1. The van der Waals surface area contributed by atoms with Crippen LogP contribution in [0.3, 0.4) is 0 Å². The van der Waals surface area contributed by atoms with Crippen molar-refractivity contribution in [2.24, 2.45) is 5.41 Å². The van der Waals surface area contributed by atoms with E-state index in [1.54, 1.807) is 0 Å². The largest absolute Gasteiger partial charge is 0.481 e. The fraction of sp³-hybridized carbons (Fsp3) is 0.846. The zero-order valence-corrected chi connectivity index (χ0v) is 10.9. The summed E-state index contributed by atoms with van der Waals surface area (Å²) in [5.74, 6) is -0.803. The molecule has 19 heavy (non-hydrogen) atoms. The summed E-state index contributed by atoms with van der Waals surface area (Å²) < 4.78 is 5.67. The molecule has 3 atom stereocenters. The summed E-state index contributed by atoms with van der Waals surface area (Å²) >= 11 is 0. The average Bonchev–Trinajstić information content (AvgIpc) is 2.88. The fourth-order valence-electron chi connectivity index (χ4n) is 3.33. The molecule has 2 saturated heterocycles. The molecular weight excluding hydrogens is 248 g/mol. The summed E-state index contributed by atoms with van der Waals surface area (Å²) in [7, 11) is 0. The molecule has 0 spiro atoms. The van der Waals surface area contributed by atoms with Gasteiger partial charge in [-0.05, 0) is 32.1 Å². The summed E-state index contributed by atoms with van der Waals surface area (Å²) in [5.41, 5.74) is -0.734. The van der Waals surface area contributed by atoms with Gasteiger partial charge in [0.2, 0.25) is 0 Å². The van der Waals surface area contributed by atoms with Gasteiger partial charge < -0.3 is 20.5 Å². The molecule has 0 aromatic heterocycles. The highest BCUT2D eigenvalue weighted by molar-refractivity contribution is 5.79. The van der Waals surface area contributed by atoms with E-state index in [0.717, 1.165) is 25.7 Å². The first-order valence-corrected chi connectivity index (χ1v) is 7.02. The molecule has 3 N–H and O–H groups in total. The molecule has 3 rings (SSSR count). The van der Waals surface area contributed by atoms with E-state index < -0.39 is 11.4 Å². The maximum Gasteiger partial charge on any atom is 0.315 e. The Hall–Kier alpha value is -1.30. The Bertz CT molecular complexity index is 394. The Labute approximate surface area is 111 Å². The van der Waals surface area contributed by atoms with Crippen molar-refractivity contribution in [1.29, 1.82) is 0 Å². The van der Waals surface area contributed by atoms with Crippen LogP contribution in [0.4, 0.5) is 4.79 Å². The third kappa shape index (κ3) is 2.29. The Kier molecular flexibility index (Phi) is 3.12. The molecule has 6 heteroatoms. The van der Waals surface area contributed by atoms with E-state index in [4.69, 9.17) is 4.74 Å². The Morgan fingerprint density at radius 2 is 2.11 bits per heavy atom. The second kappa shape index (κ2) is 4.67. The standard InChI is InChI=1S/C13H20N2O4/c16-11(17)13(4-1-5-13)7-14-12(18)15-9-6-8-2-3-10(9)19-8/h8-10H,1-7H2,(H,16,17)(H2,14,15,18). The molecule has 3 fully saturated rings. The van der Waals surface area contributed by atoms with Crippen LogP contribution in [-0.2, 0) is 9.53 Å². The molecule has 0 aromatic carbocycles. The van der Waals surface area contributed by atoms with Crippen LogP contribution in [0.2, 0.25) is 0 Å². The quantitative estimate of drug-likeness (QED) is 0.705. The third-order valence-electron chi connectivity index (χ3n) is 4.77. The Morgan fingerprint density at radius 1 is 1.32 bits per heavy atom. The average molecular weight is 268 g/mol. The summed E-state index contributed by atoms with van der Waals surface area (Å²) in [6.45, 7) is 0.218. The number of carboxylic acids is 1. The number of urea groups is 1. The van der Waals surface area contributed by atoms with Gasteiger partial charge in [-0.3, -0.25) is 4.79 Å². The van der Waals surface area contributed by atoms with E-state index in [9.17, 15) is 14.7 Å². The van der Waals surface area contributed by atoms with Crippen molar-refractivity contribution in [1.82, 2.24) is 10.6 Å². The smallest absolute Gasteiger partial charge is 0.315 e. The summed E-state index contributed by atoms with van der Waals surface area (Å²) in [6.07, 6.45) is 5.65. The lowest BCUT2D eigenvalue weighted by Gasteiger charge is -2.37. The van der Waals surface area contributed by atoms with Gasteiger partial charge in [-0.15, -0.1) is 0 Å². The number of hydrogen-bond donors (Lipinski definition) is 3. The second-order valence-electron chi connectivity index (χ2n) is 5.98. The molecular formula is C13H20N2O4. The van der Waals surface area contributed by atoms with Crippen molar-refractivity contribution in [3.63, 3.8) is 0 Å². The lowest BCUT2D eigenvalue weighted by atomic mass is 9.69. The second-order valence-corrected chi connectivity index (χ2v) is 5.98.